The van der Waals surface area contributed by atoms with Crippen LogP contribution in [-0.4, -0.2) is 41.0 Å². The number of ether oxygens (including phenoxy) is 1. The maximum absolute atomic E-state index is 12.2. The molecule has 3 aliphatic rings. The zero-order chi connectivity index (χ0) is 27.2. The first-order valence-corrected chi connectivity index (χ1v) is 15.1. The lowest BCUT2D eigenvalue weighted by Gasteiger charge is -2.38. The molecule has 1 saturated heterocycles. The quantitative estimate of drug-likeness (QED) is 0.338. The molecule has 1 aromatic carbocycles. The first-order valence-electron chi connectivity index (χ1n) is 15.1. The van der Waals surface area contributed by atoms with E-state index in [0.29, 0.717) is 31.3 Å². The number of nitrogens with one attached hydrogen (secondary N) is 1. The Balaban J connectivity index is 1.08. The molecule has 7 nitrogen and oxygen atoms in total. The van der Waals surface area contributed by atoms with Gasteiger partial charge < -0.3 is 15.8 Å². The van der Waals surface area contributed by atoms with Gasteiger partial charge in [-0.25, -0.2) is 14.8 Å². The van der Waals surface area contributed by atoms with E-state index in [-0.39, 0.29) is 5.92 Å². The van der Waals surface area contributed by atoms with Crippen LogP contribution in [0, 0.1) is 23.7 Å². The summed E-state index contributed by atoms with van der Waals surface area (Å²) in [5.41, 5.74) is 9.08. The Morgan fingerprint density at radius 3 is 2.13 bits per heavy atom. The van der Waals surface area contributed by atoms with Crippen LogP contribution in [0.2, 0.25) is 0 Å². The van der Waals surface area contributed by atoms with Gasteiger partial charge in [-0.1, -0.05) is 56.9 Å². The highest BCUT2D eigenvalue weighted by atomic mass is 16.6. The number of nitrogens with zero attached hydrogens (tertiary/aromatic N) is 2. The van der Waals surface area contributed by atoms with Gasteiger partial charge in [0.1, 0.15) is 6.04 Å². The summed E-state index contributed by atoms with van der Waals surface area (Å²) >= 11 is 0. The van der Waals surface area contributed by atoms with E-state index in [1.54, 1.807) is 0 Å². The van der Waals surface area contributed by atoms with Crippen LogP contribution in [0.3, 0.4) is 0 Å². The first kappa shape index (κ1) is 27.9. The lowest BCUT2D eigenvalue weighted by molar-refractivity contribution is -0.164. The summed E-state index contributed by atoms with van der Waals surface area (Å²) < 4.78 is 4.93. The molecule has 2 heterocycles. The molecule has 0 unspecified atom stereocenters. The third kappa shape index (κ3) is 7.12. The molecule has 0 radical (unpaired) electrons. The van der Waals surface area contributed by atoms with Gasteiger partial charge in [0.25, 0.3) is 0 Å². The van der Waals surface area contributed by atoms with Crippen molar-refractivity contribution in [2.45, 2.75) is 89.5 Å². The van der Waals surface area contributed by atoms with E-state index in [9.17, 15) is 9.59 Å². The number of carbonyl (C=O) groups excluding carboxylic acids is 2. The number of esters is 2. The van der Waals surface area contributed by atoms with Crippen LogP contribution >= 0.6 is 0 Å². The molecule has 5 rings (SSSR count). The second-order valence-electron chi connectivity index (χ2n) is 12.1. The molecule has 3 fully saturated rings. The summed E-state index contributed by atoms with van der Waals surface area (Å²) in [4.78, 5) is 33.4. The van der Waals surface area contributed by atoms with Gasteiger partial charge in [-0.2, -0.15) is 0 Å². The molecule has 210 valence electrons. The van der Waals surface area contributed by atoms with Gasteiger partial charge in [-0.3, -0.25) is 4.79 Å². The number of benzene rings is 1. The minimum Gasteiger partial charge on any atom is -0.392 e. The largest absolute Gasteiger partial charge is 0.392 e. The molecule has 0 bridgehead atoms. The monoisotopic (exact) mass is 532 g/mol. The topological polar surface area (TPSA) is 107 Å². The SMILES string of the molecule is CCCC1CCC(C2CCC(c3cnc(-c4ccc(C[C@H](N)C(=O)OC(=O)C5CNC5)cc4)nc3)CC2)CC1. The smallest absolute Gasteiger partial charge is 0.330 e. The van der Waals surface area contributed by atoms with Crippen molar-refractivity contribution < 1.29 is 14.3 Å². The fourth-order valence-corrected chi connectivity index (χ4v) is 6.82. The van der Waals surface area contributed by atoms with Crippen molar-refractivity contribution in [1.29, 1.82) is 0 Å². The van der Waals surface area contributed by atoms with Gasteiger partial charge in [0.2, 0.25) is 0 Å². The molecule has 39 heavy (non-hydrogen) atoms. The predicted molar refractivity (Wildman–Crippen MR) is 152 cm³/mol. The Kier molecular flexibility index (Phi) is 9.40. The van der Waals surface area contributed by atoms with Crippen LogP contribution < -0.4 is 11.1 Å². The van der Waals surface area contributed by atoms with E-state index in [1.807, 2.05) is 36.7 Å². The van der Waals surface area contributed by atoms with Crippen molar-refractivity contribution >= 4 is 11.9 Å². The second-order valence-corrected chi connectivity index (χ2v) is 12.1. The summed E-state index contributed by atoms with van der Waals surface area (Å²) in [7, 11) is 0. The van der Waals surface area contributed by atoms with Gasteiger partial charge in [0.05, 0.1) is 5.92 Å². The van der Waals surface area contributed by atoms with Crippen molar-refractivity contribution in [1.82, 2.24) is 15.3 Å². The molecule has 1 aliphatic heterocycles. The van der Waals surface area contributed by atoms with Crippen molar-refractivity contribution in [3.8, 4) is 11.4 Å². The van der Waals surface area contributed by atoms with Crippen molar-refractivity contribution in [3.05, 3.63) is 47.8 Å². The Labute approximate surface area is 232 Å². The average Bonchev–Trinajstić information content (AvgIpc) is 2.93. The van der Waals surface area contributed by atoms with Crippen molar-refractivity contribution in [3.63, 3.8) is 0 Å². The van der Waals surface area contributed by atoms with Gasteiger partial charge >= 0.3 is 11.9 Å². The number of hydrogen-bond acceptors (Lipinski definition) is 7. The molecular formula is C32H44N4O3. The van der Waals surface area contributed by atoms with Crippen LogP contribution in [0.5, 0.6) is 0 Å². The number of nitrogens with two attached hydrogens (primary N) is 1. The standard InChI is InChI=1S/C32H44N4O3/c1-2-3-21-4-8-23(9-5-21)24-12-14-25(15-13-24)27-19-35-30(36-20-27)26-10-6-22(7-11-26)16-29(33)32(38)39-31(37)28-17-34-18-28/h6-7,10-11,19-21,23-25,28-29,34H,2-5,8-9,12-18,33H2,1H3/t21?,23?,24?,25?,29-/m0/s1. The predicted octanol–water partition coefficient (Wildman–Crippen LogP) is 5.18. The van der Waals surface area contributed by atoms with Gasteiger partial charge in [0.15, 0.2) is 5.82 Å². The maximum Gasteiger partial charge on any atom is 0.330 e. The molecule has 1 aromatic heterocycles. The summed E-state index contributed by atoms with van der Waals surface area (Å²) in [6.07, 6.45) is 18.1. The van der Waals surface area contributed by atoms with E-state index in [0.717, 1.165) is 28.9 Å². The van der Waals surface area contributed by atoms with Gasteiger partial charge in [-0.05, 0) is 79.7 Å². The fourth-order valence-electron chi connectivity index (χ4n) is 6.82. The van der Waals surface area contributed by atoms with Crippen LogP contribution in [0.1, 0.15) is 88.2 Å². The van der Waals surface area contributed by atoms with Crippen molar-refractivity contribution in [2.24, 2.45) is 29.4 Å². The van der Waals surface area contributed by atoms with Crippen molar-refractivity contribution in [2.75, 3.05) is 13.1 Å². The Hall–Kier alpha value is -2.64. The van der Waals surface area contributed by atoms with Gasteiger partial charge in [-0.15, -0.1) is 0 Å². The number of hydrogen-bond donors (Lipinski definition) is 2. The fraction of sp³-hybridized carbons (Fsp3) is 0.625. The van der Waals surface area contributed by atoms with Crippen LogP contribution in [0.25, 0.3) is 11.4 Å². The Bertz CT molecular complexity index is 1080. The molecular weight excluding hydrogens is 488 g/mol. The van der Waals surface area contributed by atoms with Crippen LogP contribution in [0.4, 0.5) is 0 Å². The lowest BCUT2D eigenvalue weighted by Crippen LogP contribution is -2.48. The molecule has 2 aromatic rings. The minimum atomic E-state index is -0.880. The number of carbonyl (C=O) groups is 2. The van der Waals surface area contributed by atoms with E-state index in [1.165, 1.54) is 69.8 Å². The highest BCUT2D eigenvalue weighted by Gasteiger charge is 2.32. The van der Waals surface area contributed by atoms with E-state index < -0.39 is 18.0 Å². The molecule has 0 amide bonds. The minimum absolute atomic E-state index is 0.248. The molecule has 1 atom stereocenters. The molecule has 7 heteroatoms. The molecule has 0 spiro atoms. The van der Waals surface area contributed by atoms with E-state index in [4.69, 9.17) is 10.5 Å². The molecule has 2 aliphatic carbocycles. The Morgan fingerprint density at radius 2 is 1.56 bits per heavy atom. The summed E-state index contributed by atoms with van der Waals surface area (Å²) in [5, 5.41) is 2.99. The third-order valence-electron chi connectivity index (χ3n) is 9.46. The number of rotatable bonds is 9. The van der Waals surface area contributed by atoms with Crippen LogP contribution in [0.15, 0.2) is 36.7 Å². The lowest BCUT2D eigenvalue weighted by atomic mass is 9.68. The average molecular weight is 533 g/mol. The normalized spacial score (nSPS) is 26.4. The maximum atomic E-state index is 12.2. The summed E-state index contributed by atoms with van der Waals surface area (Å²) in [6, 6.07) is 6.87. The summed E-state index contributed by atoms with van der Waals surface area (Å²) in [6.45, 7) is 3.42. The summed E-state index contributed by atoms with van der Waals surface area (Å²) in [5.74, 6) is 2.70. The van der Waals surface area contributed by atoms with Crippen LogP contribution in [-0.2, 0) is 20.7 Å². The highest BCUT2D eigenvalue weighted by molar-refractivity contribution is 5.90. The second kappa shape index (κ2) is 13.1. The van der Waals surface area contributed by atoms with E-state index in [2.05, 4.69) is 22.2 Å². The zero-order valence-electron chi connectivity index (χ0n) is 23.3. The molecule has 2 saturated carbocycles. The van der Waals surface area contributed by atoms with E-state index >= 15 is 0 Å². The zero-order valence-corrected chi connectivity index (χ0v) is 23.3. The molecule has 3 N–H and O–H groups in total. The Morgan fingerprint density at radius 1 is 0.949 bits per heavy atom. The van der Waals surface area contributed by atoms with Gasteiger partial charge in [0, 0.05) is 31.0 Å². The first-order chi connectivity index (χ1) is 19.0. The number of aromatic nitrogens is 2. The third-order valence-corrected chi connectivity index (χ3v) is 9.46. The highest BCUT2D eigenvalue weighted by Crippen LogP contribution is 2.44.